The number of hydrogen-bond donors (Lipinski definition) is 1. The second kappa shape index (κ2) is 6.07. The first-order chi connectivity index (χ1) is 9.54. The van der Waals surface area contributed by atoms with Gasteiger partial charge < -0.3 is 10.5 Å². The third-order valence-electron chi connectivity index (χ3n) is 3.83. The molecule has 1 amide bonds. The van der Waals surface area contributed by atoms with Gasteiger partial charge in [-0.15, -0.1) is 0 Å². The Bertz CT molecular complexity index is 537. The molecule has 1 aliphatic rings. The summed E-state index contributed by atoms with van der Waals surface area (Å²) in [6.07, 6.45) is 3.71. The molecule has 2 N–H and O–H groups in total. The summed E-state index contributed by atoms with van der Waals surface area (Å²) in [5.41, 5.74) is 9.04. The zero-order valence-corrected chi connectivity index (χ0v) is 12.1. The van der Waals surface area contributed by atoms with Crippen LogP contribution in [0.15, 0.2) is 12.1 Å². The van der Waals surface area contributed by atoms with E-state index < -0.39 is 5.91 Å². The predicted octanol–water partition coefficient (Wildman–Crippen LogP) is 2.81. The second-order valence-corrected chi connectivity index (χ2v) is 5.31. The third-order valence-corrected chi connectivity index (χ3v) is 3.83. The Balaban J connectivity index is 2.48. The van der Waals surface area contributed by atoms with Gasteiger partial charge in [-0.1, -0.05) is 19.4 Å². The van der Waals surface area contributed by atoms with Crippen molar-refractivity contribution < 1.29 is 14.3 Å². The van der Waals surface area contributed by atoms with E-state index in [0.29, 0.717) is 18.4 Å². The normalized spacial score (nSPS) is 18.1. The summed E-state index contributed by atoms with van der Waals surface area (Å²) in [5, 5.41) is 0. The molecule has 2 rings (SSSR count). The molecule has 0 aliphatic carbocycles. The van der Waals surface area contributed by atoms with Crippen LogP contribution in [0, 0.1) is 6.92 Å². The quantitative estimate of drug-likeness (QED) is 0.840. The van der Waals surface area contributed by atoms with Gasteiger partial charge in [-0.05, 0) is 48.9 Å². The van der Waals surface area contributed by atoms with E-state index in [-0.39, 0.29) is 12.1 Å². The van der Waals surface area contributed by atoms with Gasteiger partial charge in [0.1, 0.15) is 6.10 Å². The van der Waals surface area contributed by atoms with Crippen molar-refractivity contribution in [1.82, 2.24) is 0 Å². The number of ether oxygens (including phenoxy) is 1. The molecule has 4 nitrogen and oxygen atoms in total. The highest BCUT2D eigenvalue weighted by atomic mass is 16.5. The van der Waals surface area contributed by atoms with Crippen LogP contribution in [-0.2, 0) is 16.0 Å². The molecule has 0 aromatic heterocycles. The highest BCUT2D eigenvalue weighted by Gasteiger charge is 2.29. The smallest absolute Gasteiger partial charge is 0.306 e. The van der Waals surface area contributed by atoms with Crippen LogP contribution in [0.5, 0.6) is 0 Å². The van der Waals surface area contributed by atoms with Crippen LogP contribution in [0.3, 0.4) is 0 Å². The van der Waals surface area contributed by atoms with Crippen molar-refractivity contribution >= 4 is 11.9 Å². The average Bonchev–Trinajstić information content (AvgIpc) is 2.82. The zero-order chi connectivity index (χ0) is 14.7. The van der Waals surface area contributed by atoms with Gasteiger partial charge in [-0.3, -0.25) is 9.59 Å². The summed E-state index contributed by atoms with van der Waals surface area (Å²) < 4.78 is 5.39. The monoisotopic (exact) mass is 275 g/mol. The lowest BCUT2D eigenvalue weighted by Gasteiger charge is -2.20. The first kappa shape index (κ1) is 14.6. The topological polar surface area (TPSA) is 69.4 Å². The van der Waals surface area contributed by atoms with Gasteiger partial charge in [0.25, 0.3) is 0 Å². The van der Waals surface area contributed by atoms with E-state index in [2.05, 4.69) is 6.92 Å². The largest absolute Gasteiger partial charge is 0.457 e. The van der Waals surface area contributed by atoms with Crippen LogP contribution in [-0.4, -0.2) is 11.9 Å². The average molecular weight is 275 g/mol. The van der Waals surface area contributed by atoms with Crippen LogP contribution in [0.25, 0.3) is 0 Å². The molecular formula is C16H21NO3. The lowest BCUT2D eigenvalue weighted by Crippen LogP contribution is -2.17. The van der Waals surface area contributed by atoms with Gasteiger partial charge in [-0.25, -0.2) is 0 Å². The van der Waals surface area contributed by atoms with Gasteiger partial charge in [0.15, 0.2) is 0 Å². The van der Waals surface area contributed by atoms with Crippen molar-refractivity contribution in [3.05, 3.63) is 34.4 Å². The number of rotatable bonds is 5. The van der Waals surface area contributed by atoms with E-state index in [1.54, 1.807) is 6.07 Å². The van der Waals surface area contributed by atoms with Crippen molar-refractivity contribution in [2.75, 3.05) is 0 Å². The Morgan fingerprint density at radius 3 is 2.75 bits per heavy atom. The van der Waals surface area contributed by atoms with Crippen molar-refractivity contribution in [3.8, 4) is 0 Å². The number of carbonyl (C=O) groups is 2. The number of cyclic esters (lactones) is 1. The van der Waals surface area contributed by atoms with E-state index in [0.717, 1.165) is 36.0 Å². The molecule has 0 spiro atoms. The Hall–Kier alpha value is -1.84. The molecule has 1 heterocycles. The minimum Gasteiger partial charge on any atom is -0.457 e. The van der Waals surface area contributed by atoms with E-state index in [4.69, 9.17) is 10.5 Å². The summed E-state index contributed by atoms with van der Waals surface area (Å²) in [4.78, 5) is 23.0. The Morgan fingerprint density at radius 2 is 2.20 bits per heavy atom. The minimum absolute atomic E-state index is 0.166. The van der Waals surface area contributed by atoms with Gasteiger partial charge >= 0.3 is 5.97 Å². The van der Waals surface area contributed by atoms with Gasteiger partial charge in [-0.2, -0.15) is 0 Å². The predicted molar refractivity (Wildman–Crippen MR) is 76.4 cm³/mol. The van der Waals surface area contributed by atoms with Crippen molar-refractivity contribution in [2.45, 2.75) is 52.1 Å². The number of benzene rings is 1. The molecule has 4 heteroatoms. The molecule has 1 atom stereocenters. The summed E-state index contributed by atoms with van der Waals surface area (Å²) in [6, 6.07) is 3.67. The zero-order valence-electron chi connectivity index (χ0n) is 12.1. The lowest BCUT2D eigenvalue weighted by molar-refractivity contribution is -0.141. The number of unbranched alkanes of at least 4 members (excludes halogenated alkanes) is 1. The number of aryl methyl sites for hydroxylation is 1. The first-order valence-electron chi connectivity index (χ1n) is 7.16. The molecule has 0 saturated carbocycles. The number of hydrogen-bond acceptors (Lipinski definition) is 3. The summed E-state index contributed by atoms with van der Waals surface area (Å²) in [6.45, 7) is 4.09. The van der Waals surface area contributed by atoms with Crippen LogP contribution in [0.4, 0.5) is 0 Å². The van der Waals surface area contributed by atoms with Gasteiger partial charge in [0.2, 0.25) is 5.91 Å². The molecule has 1 aromatic carbocycles. The van der Waals surface area contributed by atoms with E-state index in [9.17, 15) is 9.59 Å². The molecule has 1 aromatic rings. The molecule has 0 bridgehead atoms. The molecule has 0 radical (unpaired) electrons. The molecular weight excluding hydrogens is 254 g/mol. The van der Waals surface area contributed by atoms with Crippen LogP contribution < -0.4 is 5.73 Å². The van der Waals surface area contributed by atoms with Crippen molar-refractivity contribution in [3.63, 3.8) is 0 Å². The summed E-state index contributed by atoms with van der Waals surface area (Å²) in [7, 11) is 0. The Kier molecular flexibility index (Phi) is 4.42. The first-order valence-corrected chi connectivity index (χ1v) is 7.16. The standard InChI is InChI=1S/C16H21NO3/c1-3-4-5-11-12(16(17)19)7-6-10(2)15(11)13-8-9-14(18)20-13/h6-7,13H,3-5,8-9H2,1-2H3,(H2,17,19). The van der Waals surface area contributed by atoms with Crippen LogP contribution >= 0.6 is 0 Å². The van der Waals surface area contributed by atoms with E-state index >= 15 is 0 Å². The Labute approximate surface area is 119 Å². The van der Waals surface area contributed by atoms with Gasteiger partial charge in [0.05, 0.1) is 0 Å². The maximum atomic E-state index is 11.6. The molecule has 108 valence electrons. The Morgan fingerprint density at radius 1 is 1.45 bits per heavy atom. The third kappa shape index (κ3) is 2.84. The van der Waals surface area contributed by atoms with Crippen LogP contribution in [0.2, 0.25) is 0 Å². The SMILES string of the molecule is CCCCc1c(C(N)=O)ccc(C)c1C1CCC(=O)O1. The lowest BCUT2D eigenvalue weighted by atomic mass is 9.88. The maximum Gasteiger partial charge on any atom is 0.306 e. The molecule has 20 heavy (non-hydrogen) atoms. The highest BCUT2D eigenvalue weighted by molar-refractivity contribution is 5.95. The fourth-order valence-corrected chi connectivity index (χ4v) is 2.81. The summed E-state index contributed by atoms with van der Waals surface area (Å²) in [5.74, 6) is -0.581. The number of amides is 1. The fourth-order valence-electron chi connectivity index (χ4n) is 2.81. The fraction of sp³-hybridized carbons (Fsp3) is 0.500. The van der Waals surface area contributed by atoms with Crippen LogP contribution in [0.1, 0.15) is 65.8 Å². The van der Waals surface area contributed by atoms with Crippen molar-refractivity contribution in [2.24, 2.45) is 5.73 Å². The maximum absolute atomic E-state index is 11.6. The summed E-state index contributed by atoms with van der Waals surface area (Å²) >= 11 is 0. The molecule has 1 fully saturated rings. The number of nitrogens with two attached hydrogens (primary N) is 1. The minimum atomic E-state index is -0.415. The molecule has 1 saturated heterocycles. The number of esters is 1. The van der Waals surface area contributed by atoms with E-state index in [1.165, 1.54) is 0 Å². The van der Waals surface area contributed by atoms with Gasteiger partial charge in [0, 0.05) is 12.0 Å². The second-order valence-electron chi connectivity index (χ2n) is 5.31. The molecule has 1 aliphatic heterocycles. The number of primary amides is 1. The molecule has 1 unspecified atom stereocenters. The van der Waals surface area contributed by atoms with Crippen molar-refractivity contribution in [1.29, 1.82) is 0 Å². The highest BCUT2D eigenvalue weighted by Crippen LogP contribution is 2.35. The number of carbonyl (C=O) groups excluding carboxylic acids is 2. The van der Waals surface area contributed by atoms with E-state index in [1.807, 2.05) is 13.0 Å².